The fourth-order valence-corrected chi connectivity index (χ4v) is 0.304. The van der Waals surface area contributed by atoms with Crippen LogP contribution in [0.1, 0.15) is 6.42 Å². The Kier molecular flexibility index (Phi) is 4.20. The lowest BCUT2D eigenvalue weighted by atomic mass is 10.4. The Morgan fingerprint density at radius 2 is 2.38 bits per heavy atom. The molecule has 0 aromatic rings. The van der Waals surface area contributed by atoms with Gasteiger partial charge in [-0.05, 0) is 6.54 Å². The van der Waals surface area contributed by atoms with Gasteiger partial charge in [-0.2, -0.15) is 0 Å². The number of hydrogen-bond acceptors (Lipinski definition) is 4. The third kappa shape index (κ3) is 3.58. The quantitative estimate of drug-likeness (QED) is 0.359. The summed E-state index contributed by atoms with van der Waals surface area (Å²) in [6.45, 7) is 0.759. The van der Waals surface area contributed by atoms with E-state index in [1.54, 1.807) is 0 Å². The molecule has 1 atom stereocenters. The zero-order chi connectivity index (χ0) is 6.41. The van der Waals surface area contributed by atoms with Gasteiger partial charge in [0.05, 0.1) is 0 Å². The van der Waals surface area contributed by atoms with E-state index in [0.29, 0.717) is 19.4 Å². The van der Waals surface area contributed by atoms with Crippen molar-refractivity contribution in [3.63, 3.8) is 0 Å². The first-order valence-corrected chi connectivity index (χ1v) is 2.36. The van der Waals surface area contributed by atoms with Gasteiger partial charge in [0.1, 0.15) is 0 Å². The van der Waals surface area contributed by atoms with Crippen LogP contribution in [0.5, 0.6) is 0 Å². The van der Waals surface area contributed by atoms with Gasteiger partial charge in [-0.15, -0.1) is 0 Å². The molecule has 0 spiro atoms. The van der Waals surface area contributed by atoms with Gasteiger partial charge in [-0.1, -0.05) is 0 Å². The largest absolute Gasteiger partial charge is 0.449 e. The van der Waals surface area contributed by atoms with Crippen LogP contribution in [0, 0.1) is 0 Å². The minimum absolute atomic E-state index is 0.320. The molecule has 0 aliphatic rings. The van der Waals surface area contributed by atoms with Crippen molar-refractivity contribution in [3.05, 3.63) is 0 Å². The second-order valence-corrected chi connectivity index (χ2v) is 1.35. The van der Waals surface area contributed by atoms with E-state index >= 15 is 0 Å². The number of hydrogen-bond donors (Lipinski definition) is 2. The van der Waals surface area contributed by atoms with Gasteiger partial charge >= 0.3 is 0 Å². The Hall–Kier alpha value is -0.610. The van der Waals surface area contributed by atoms with Crippen molar-refractivity contribution in [2.24, 2.45) is 11.5 Å². The maximum atomic E-state index is 9.55. The lowest BCUT2D eigenvalue weighted by molar-refractivity contribution is -0.133. The molecule has 0 fully saturated rings. The molecule has 0 aromatic carbocycles. The van der Waals surface area contributed by atoms with Gasteiger partial charge in [-0.3, -0.25) is 10.5 Å². The first-order chi connectivity index (χ1) is 3.81. The second kappa shape index (κ2) is 4.55. The number of nitrogens with two attached hydrogens (primary N) is 2. The molecular weight excluding hydrogens is 108 g/mol. The van der Waals surface area contributed by atoms with E-state index < -0.39 is 6.23 Å². The normalized spacial score (nSPS) is 12.8. The zero-order valence-corrected chi connectivity index (χ0v) is 4.54. The average molecular weight is 118 g/mol. The molecule has 4 N–H and O–H groups in total. The number of ether oxygens (including phenoxy) is 1. The third-order valence-corrected chi connectivity index (χ3v) is 0.682. The van der Waals surface area contributed by atoms with E-state index in [2.05, 4.69) is 4.74 Å². The molecule has 0 saturated carbocycles. The molecule has 0 aromatic heterocycles. The molecule has 0 amide bonds. The number of carbonyl (C=O) groups excluding carboxylic acids is 1. The highest BCUT2D eigenvalue weighted by molar-refractivity contribution is 5.37. The smallest absolute Gasteiger partial charge is 0.294 e. The Morgan fingerprint density at radius 1 is 1.75 bits per heavy atom. The molecule has 4 nitrogen and oxygen atoms in total. The van der Waals surface area contributed by atoms with E-state index in [0.717, 1.165) is 0 Å². The first kappa shape index (κ1) is 7.39. The molecule has 1 unspecified atom stereocenters. The highest BCUT2D eigenvalue weighted by Crippen LogP contribution is 1.82. The summed E-state index contributed by atoms with van der Waals surface area (Å²) in [5, 5.41) is 0. The molecule has 0 bridgehead atoms. The standard InChI is InChI=1S/C4H10N2O2/c5-2-1-4(6)8-3-7/h3-4H,1-2,5-6H2. The van der Waals surface area contributed by atoms with E-state index in [4.69, 9.17) is 11.5 Å². The van der Waals surface area contributed by atoms with Crippen LogP contribution in [-0.4, -0.2) is 19.2 Å². The Morgan fingerprint density at radius 3 is 2.75 bits per heavy atom. The fraction of sp³-hybridized carbons (Fsp3) is 0.750. The highest BCUT2D eigenvalue weighted by atomic mass is 16.5. The van der Waals surface area contributed by atoms with Crippen LogP contribution in [0.25, 0.3) is 0 Å². The Balaban J connectivity index is 3.03. The summed E-state index contributed by atoms with van der Waals surface area (Å²) in [4.78, 5) is 9.55. The molecule has 0 aliphatic carbocycles. The van der Waals surface area contributed by atoms with Gasteiger partial charge in [0.15, 0.2) is 6.23 Å². The van der Waals surface area contributed by atoms with E-state index in [9.17, 15) is 4.79 Å². The Labute approximate surface area is 47.8 Å². The summed E-state index contributed by atoms with van der Waals surface area (Å²) < 4.78 is 4.30. The summed E-state index contributed by atoms with van der Waals surface area (Å²) in [6, 6.07) is 0. The summed E-state index contributed by atoms with van der Waals surface area (Å²) in [5.41, 5.74) is 10.2. The van der Waals surface area contributed by atoms with Gasteiger partial charge in [0, 0.05) is 6.42 Å². The van der Waals surface area contributed by atoms with Crippen molar-refractivity contribution in [1.29, 1.82) is 0 Å². The van der Waals surface area contributed by atoms with Crippen molar-refractivity contribution >= 4 is 6.47 Å². The molecule has 0 heterocycles. The topological polar surface area (TPSA) is 78.3 Å². The Bertz CT molecular complexity index is 67.1. The van der Waals surface area contributed by atoms with E-state index in [-0.39, 0.29) is 0 Å². The van der Waals surface area contributed by atoms with Crippen LogP contribution in [0.15, 0.2) is 0 Å². The molecule has 0 rings (SSSR count). The maximum absolute atomic E-state index is 9.55. The molecule has 0 aliphatic heterocycles. The molecule has 0 saturated heterocycles. The molecule has 0 radical (unpaired) electrons. The number of rotatable bonds is 4. The molecular formula is C4H10N2O2. The minimum Gasteiger partial charge on any atom is -0.449 e. The van der Waals surface area contributed by atoms with E-state index in [1.165, 1.54) is 0 Å². The van der Waals surface area contributed by atoms with Crippen LogP contribution in [0.4, 0.5) is 0 Å². The van der Waals surface area contributed by atoms with Gasteiger partial charge in [0.25, 0.3) is 6.47 Å². The predicted molar refractivity (Wildman–Crippen MR) is 28.8 cm³/mol. The summed E-state index contributed by atoms with van der Waals surface area (Å²) in [6.07, 6.45) is -0.0175. The van der Waals surface area contributed by atoms with Crippen LogP contribution < -0.4 is 11.5 Å². The molecule has 4 heteroatoms. The fourth-order valence-electron chi connectivity index (χ4n) is 0.304. The second-order valence-electron chi connectivity index (χ2n) is 1.35. The van der Waals surface area contributed by atoms with Crippen molar-refractivity contribution in [2.45, 2.75) is 12.6 Å². The predicted octanol–water partition coefficient (Wildman–Crippen LogP) is -1.21. The van der Waals surface area contributed by atoms with Crippen LogP contribution in [0.2, 0.25) is 0 Å². The SMILES string of the molecule is NCCC(N)OC=O. The summed E-state index contributed by atoms with van der Waals surface area (Å²) >= 11 is 0. The summed E-state index contributed by atoms with van der Waals surface area (Å²) in [5.74, 6) is 0. The van der Waals surface area contributed by atoms with E-state index in [1.807, 2.05) is 0 Å². The molecule has 48 valence electrons. The lowest BCUT2D eigenvalue weighted by Gasteiger charge is -2.05. The highest BCUT2D eigenvalue weighted by Gasteiger charge is 1.96. The van der Waals surface area contributed by atoms with Crippen LogP contribution in [0.3, 0.4) is 0 Å². The third-order valence-electron chi connectivity index (χ3n) is 0.682. The maximum Gasteiger partial charge on any atom is 0.294 e. The monoisotopic (exact) mass is 118 g/mol. The molecule has 8 heavy (non-hydrogen) atoms. The van der Waals surface area contributed by atoms with Gasteiger partial charge < -0.3 is 10.5 Å². The first-order valence-electron chi connectivity index (χ1n) is 2.36. The average Bonchev–Trinajstić information content (AvgIpc) is 1.68. The summed E-state index contributed by atoms with van der Waals surface area (Å²) in [7, 11) is 0. The van der Waals surface area contributed by atoms with Crippen LogP contribution in [-0.2, 0) is 9.53 Å². The van der Waals surface area contributed by atoms with Crippen molar-refractivity contribution in [2.75, 3.05) is 6.54 Å². The number of carbonyl (C=O) groups is 1. The van der Waals surface area contributed by atoms with Gasteiger partial charge in [-0.25, -0.2) is 0 Å². The van der Waals surface area contributed by atoms with Crippen LogP contribution >= 0.6 is 0 Å². The lowest BCUT2D eigenvalue weighted by Crippen LogP contribution is -2.26. The minimum atomic E-state index is -0.530. The van der Waals surface area contributed by atoms with Gasteiger partial charge in [0.2, 0.25) is 0 Å². The van der Waals surface area contributed by atoms with Crippen molar-refractivity contribution in [3.8, 4) is 0 Å². The van der Waals surface area contributed by atoms with Crippen molar-refractivity contribution in [1.82, 2.24) is 0 Å². The zero-order valence-electron chi connectivity index (χ0n) is 4.54. The van der Waals surface area contributed by atoms with Crippen molar-refractivity contribution < 1.29 is 9.53 Å².